The van der Waals surface area contributed by atoms with Gasteiger partial charge in [0.2, 0.25) is 12.0 Å². The van der Waals surface area contributed by atoms with Gasteiger partial charge >= 0.3 is 11.9 Å². The molecule has 44 heavy (non-hydrogen) atoms. The largest absolute Gasteiger partial charge is 0.482 e. The number of aromatic amines is 1. The molecule has 0 radical (unpaired) electrons. The van der Waals surface area contributed by atoms with Crippen LogP contribution in [0.2, 0.25) is 0 Å². The molecule has 1 aromatic heterocycles. The molecule has 0 bridgehead atoms. The number of aromatic nitrogens is 2. The highest BCUT2D eigenvalue weighted by Gasteiger charge is 2.28. The first-order valence-electron chi connectivity index (χ1n) is 13.9. The molecule has 0 saturated heterocycles. The lowest BCUT2D eigenvalue weighted by Gasteiger charge is -2.06. The molecule has 224 valence electrons. The smallest absolute Gasteiger partial charge is 0.348 e. The number of carboxylic acids is 2. The number of hydrogen-bond donors (Lipinski definition) is 4. The van der Waals surface area contributed by atoms with E-state index < -0.39 is 24.6 Å². The van der Waals surface area contributed by atoms with Crippen LogP contribution >= 0.6 is 0 Å². The van der Waals surface area contributed by atoms with E-state index in [0.29, 0.717) is 23.0 Å². The summed E-state index contributed by atoms with van der Waals surface area (Å²) in [5.74, 6) is -1.26. The number of hydrogen-bond acceptors (Lipinski definition) is 7. The third kappa shape index (κ3) is 7.19. The number of oxime groups is 1. The Hall–Kier alpha value is -5.71. The number of imidazole rings is 1. The van der Waals surface area contributed by atoms with Gasteiger partial charge in [0.25, 0.3) is 0 Å². The van der Waals surface area contributed by atoms with Crippen molar-refractivity contribution in [1.29, 1.82) is 0 Å². The van der Waals surface area contributed by atoms with Crippen molar-refractivity contribution < 1.29 is 34.2 Å². The summed E-state index contributed by atoms with van der Waals surface area (Å²) in [6, 6.07) is 22.2. The van der Waals surface area contributed by atoms with E-state index in [0.717, 1.165) is 33.5 Å². The van der Waals surface area contributed by atoms with E-state index in [-0.39, 0.29) is 18.4 Å². The van der Waals surface area contributed by atoms with Gasteiger partial charge in [0.15, 0.2) is 6.61 Å². The van der Waals surface area contributed by atoms with Crippen molar-refractivity contribution in [2.24, 2.45) is 5.16 Å². The van der Waals surface area contributed by atoms with Gasteiger partial charge in [-0.15, -0.1) is 0 Å². The molecule has 1 unspecified atom stereocenters. The molecule has 3 aromatic carbocycles. The number of carbonyl (C=O) groups excluding carboxylic acids is 1. The average molecular weight is 595 g/mol. The van der Waals surface area contributed by atoms with Crippen molar-refractivity contribution in [3.63, 3.8) is 0 Å². The molecule has 11 nitrogen and oxygen atoms in total. The Morgan fingerprint density at radius 2 is 1.59 bits per heavy atom. The number of carboxylic acid groups (broad SMARTS) is 2. The Bertz CT molecular complexity index is 1720. The molecule has 1 aliphatic rings. The van der Waals surface area contributed by atoms with E-state index in [1.54, 1.807) is 18.2 Å². The van der Waals surface area contributed by atoms with Gasteiger partial charge in [-0.3, -0.25) is 4.79 Å². The normalized spacial score (nSPS) is 14.3. The lowest BCUT2D eigenvalue weighted by atomic mass is 10.0. The lowest BCUT2D eigenvalue weighted by molar-refractivity contribution is -0.148. The van der Waals surface area contributed by atoms with Crippen LogP contribution in [0.5, 0.6) is 5.75 Å². The Labute approximate surface area is 252 Å². The van der Waals surface area contributed by atoms with E-state index in [9.17, 15) is 19.5 Å². The number of rotatable bonds is 11. The third-order valence-electron chi connectivity index (χ3n) is 6.69. The first-order chi connectivity index (χ1) is 21.2. The fourth-order valence-corrected chi connectivity index (χ4v) is 4.55. The molecular weight excluding hydrogens is 564 g/mol. The predicted octanol–water partition coefficient (Wildman–Crippen LogP) is 4.99. The van der Waals surface area contributed by atoms with Gasteiger partial charge in [-0.1, -0.05) is 53.7 Å². The van der Waals surface area contributed by atoms with E-state index in [1.807, 2.05) is 74.5 Å². The van der Waals surface area contributed by atoms with Gasteiger partial charge in [-0.05, 0) is 55.3 Å². The van der Waals surface area contributed by atoms with E-state index in [2.05, 4.69) is 15.5 Å². The van der Waals surface area contributed by atoms with E-state index >= 15 is 0 Å². The summed E-state index contributed by atoms with van der Waals surface area (Å²) in [6.45, 7) is 3.36. The molecule has 4 aromatic rings. The second-order valence-electron chi connectivity index (χ2n) is 10.4. The SMILES string of the molecule is CC(C)NC(=O)/C=C/c1ccc(-c2[nH]c(-c3ccc(C4=NOC(C(=O)O)C4)cc3)nc2-c2ccc(OCC(=O)O)cc2)cc1. The molecule has 1 aliphatic heterocycles. The van der Waals surface area contributed by atoms with Crippen molar-refractivity contribution in [2.75, 3.05) is 6.61 Å². The Balaban J connectivity index is 1.44. The predicted molar refractivity (Wildman–Crippen MR) is 164 cm³/mol. The van der Waals surface area contributed by atoms with Crippen LogP contribution in [-0.4, -0.2) is 62.5 Å². The summed E-state index contributed by atoms with van der Waals surface area (Å²) in [5, 5.41) is 24.8. The zero-order valence-corrected chi connectivity index (χ0v) is 24.0. The molecular formula is C33H30N4O7. The number of amides is 1. The zero-order chi connectivity index (χ0) is 31.2. The van der Waals surface area contributed by atoms with Crippen LogP contribution in [0.25, 0.3) is 40.0 Å². The first kappa shape index (κ1) is 29.8. The van der Waals surface area contributed by atoms with Crippen molar-refractivity contribution in [3.05, 3.63) is 90.0 Å². The molecule has 4 N–H and O–H groups in total. The van der Waals surface area contributed by atoms with E-state index in [1.165, 1.54) is 6.08 Å². The summed E-state index contributed by atoms with van der Waals surface area (Å²) in [4.78, 5) is 47.5. The molecule has 1 amide bonds. The van der Waals surface area contributed by atoms with Crippen LogP contribution in [0.1, 0.15) is 31.4 Å². The minimum absolute atomic E-state index is 0.0475. The molecule has 0 fully saturated rings. The van der Waals surface area contributed by atoms with Crippen LogP contribution in [0.4, 0.5) is 0 Å². The quantitative estimate of drug-likeness (QED) is 0.177. The maximum atomic E-state index is 12.0. The fourth-order valence-electron chi connectivity index (χ4n) is 4.55. The van der Waals surface area contributed by atoms with Crippen LogP contribution in [-0.2, 0) is 19.2 Å². The number of H-pyrrole nitrogens is 1. The van der Waals surface area contributed by atoms with Crippen molar-refractivity contribution in [3.8, 4) is 39.7 Å². The highest BCUT2D eigenvalue weighted by molar-refractivity contribution is 6.03. The van der Waals surface area contributed by atoms with Crippen molar-refractivity contribution in [1.82, 2.24) is 15.3 Å². The fraction of sp³-hybridized carbons (Fsp3) is 0.182. The maximum absolute atomic E-state index is 12.0. The van der Waals surface area contributed by atoms with E-state index in [4.69, 9.17) is 19.7 Å². The van der Waals surface area contributed by atoms with Crippen molar-refractivity contribution >= 4 is 29.6 Å². The molecule has 1 atom stereocenters. The lowest BCUT2D eigenvalue weighted by Crippen LogP contribution is -2.28. The first-order valence-corrected chi connectivity index (χ1v) is 13.9. The molecule has 2 heterocycles. The molecule has 0 aliphatic carbocycles. The number of aliphatic carboxylic acids is 2. The number of nitrogens with zero attached hydrogens (tertiary/aromatic N) is 2. The van der Waals surface area contributed by atoms with Crippen LogP contribution in [0.15, 0.2) is 84.0 Å². The number of nitrogens with one attached hydrogen (secondary N) is 2. The van der Waals surface area contributed by atoms with Gasteiger partial charge < -0.3 is 30.1 Å². The van der Waals surface area contributed by atoms with Crippen molar-refractivity contribution in [2.45, 2.75) is 32.4 Å². The molecule has 5 rings (SSSR count). The Morgan fingerprint density at radius 1 is 0.955 bits per heavy atom. The maximum Gasteiger partial charge on any atom is 0.348 e. The third-order valence-corrected chi connectivity index (χ3v) is 6.69. The topological polar surface area (TPSA) is 163 Å². The average Bonchev–Trinajstić information content (AvgIpc) is 3.68. The van der Waals surface area contributed by atoms with Gasteiger partial charge in [0.1, 0.15) is 11.6 Å². The molecule has 0 spiro atoms. The van der Waals surface area contributed by atoms with Crippen LogP contribution in [0, 0.1) is 0 Å². The summed E-state index contributed by atoms with van der Waals surface area (Å²) in [5.41, 5.74) is 6.05. The minimum Gasteiger partial charge on any atom is -0.482 e. The zero-order valence-electron chi connectivity index (χ0n) is 24.0. The standard InChI is InChI=1S/C33H30N4O7/c1-19(2)34-28(38)16-5-20-3-6-22(7-4-20)30-31(23-12-14-25(15-13-23)43-18-29(39)40)36-32(35-30)24-10-8-21(9-11-24)26-17-27(33(41)42)44-37-26/h3-16,19,27H,17-18H2,1-2H3,(H,34,38)(H,35,36)(H,39,40)(H,41,42)/b16-5+. The highest BCUT2D eigenvalue weighted by Crippen LogP contribution is 2.34. The van der Waals surface area contributed by atoms with Crippen LogP contribution < -0.4 is 10.1 Å². The molecule has 11 heteroatoms. The highest BCUT2D eigenvalue weighted by atomic mass is 16.7. The van der Waals surface area contributed by atoms with Crippen LogP contribution in [0.3, 0.4) is 0 Å². The monoisotopic (exact) mass is 594 g/mol. The summed E-state index contributed by atoms with van der Waals surface area (Å²) in [7, 11) is 0. The number of carbonyl (C=O) groups is 3. The Kier molecular flexibility index (Phi) is 8.85. The summed E-state index contributed by atoms with van der Waals surface area (Å²) in [6.07, 6.45) is 2.44. The van der Waals surface area contributed by atoms with Gasteiger partial charge in [0, 0.05) is 35.2 Å². The second-order valence-corrected chi connectivity index (χ2v) is 10.4. The number of benzene rings is 3. The van der Waals surface area contributed by atoms with Gasteiger partial charge in [-0.2, -0.15) is 0 Å². The van der Waals surface area contributed by atoms with Gasteiger partial charge in [-0.25, -0.2) is 14.6 Å². The van der Waals surface area contributed by atoms with Gasteiger partial charge in [0.05, 0.1) is 17.1 Å². The summed E-state index contributed by atoms with van der Waals surface area (Å²) < 4.78 is 5.28. The number of ether oxygens (including phenoxy) is 1. The Morgan fingerprint density at radius 3 is 2.20 bits per heavy atom. The summed E-state index contributed by atoms with van der Waals surface area (Å²) >= 11 is 0. The minimum atomic E-state index is -1.06. The molecule has 0 saturated carbocycles. The second kappa shape index (κ2) is 13.1.